The van der Waals surface area contributed by atoms with E-state index in [0.29, 0.717) is 12.1 Å². The maximum absolute atomic E-state index is 12.9. The number of hydrogen-bond acceptors (Lipinski definition) is 4. The molecule has 0 amide bonds. The first-order valence-electron chi connectivity index (χ1n) is 7.56. The van der Waals surface area contributed by atoms with Crippen molar-refractivity contribution >= 4 is 23.8 Å². The third kappa shape index (κ3) is 5.47. The largest absolute Gasteiger partial charge is 0.459 e. The summed E-state index contributed by atoms with van der Waals surface area (Å²) in [6.07, 6.45) is -8.52. The molecule has 0 atom stereocenters. The van der Waals surface area contributed by atoms with Gasteiger partial charge in [-0.2, -0.15) is 26.3 Å². The molecule has 2 rings (SSSR count). The quantitative estimate of drug-likeness (QED) is 0.393. The minimum absolute atomic E-state index is 0.000807. The highest BCUT2D eigenvalue weighted by Gasteiger charge is 2.37. The van der Waals surface area contributed by atoms with E-state index in [1.807, 2.05) is 0 Å². The Hall–Kier alpha value is -2.56. The molecule has 1 heterocycles. The van der Waals surface area contributed by atoms with Crippen molar-refractivity contribution in [1.29, 1.82) is 0 Å². The van der Waals surface area contributed by atoms with Crippen LogP contribution >= 0.6 is 11.6 Å². The van der Waals surface area contributed by atoms with Crippen molar-refractivity contribution in [3.8, 4) is 11.4 Å². The Kier molecular flexibility index (Phi) is 6.07. The Morgan fingerprint density at radius 2 is 1.64 bits per heavy atom. The van der Waals surface area contributed by atoms with Crippen molar-refractivity contribution in [2.45, 2.75) is 32.3 Å². The maximum Gasteiger partial charge on any atom is 0.416 e. The van der Waals surface area contributed by atoms with E-state index in [1.165, 1.54) is 0 Å². The van der Waals surface area contributed by atoms with Crippen LogP contribution in [0.5, 0.6) is 0 Å². The molecular formula is C16H12ClF6N3O2. The van der Waals surface area contributed by atoms with E-state index in [0.717, 1.165) is 17.2 Å². The van der Waals surface area contributed by atoms with Crippen LogP contribution in [0.4, 0.5) is 26.3 Å². The molecule has 0 saturated heterocycles. The lowest BCUT2D eigenvalue weighted by atomic mass is 10.0. The van der Waals surface area contributed by atoms with Gasteiger partial charge in [-0.15, -0.1) is 5.10 Å². The summed E-state index contributed by atoms with van der Waals surface area (Å²) in [5.74, 6) is -1.30. The van der Waals surface area contributed by atoms with E-state index < -0.39 is 52.0 Å². The Bertz CT molecular complexity index is 870. The maximum atomic E-state index is 12.9. The Morgan fingerprint density at radius 1 is 1.11 bits per heavy atom. The summed E-state index contributed by atoms with van der Waals surface area (Å²) in [6, 6.07) is 0.986. The molecule has 0 saturated carbocycles. The van der Waals surface area contributed by atoms with Crippen LogP contribution in [0.15, 0.2) is 29.6 Å². The van der Waals surface area contributed by atoms with Crippen LogP contribution in [0.25, 0.3) is 17.6 Å². The minimum atomic E-state index is -5.00. The molecule has 0 radical (unpaired) electrons. The number of ether oxygens (including phenoxy) is 1. The van der Waals surface area contributed by atoms with Gasteiger partial charge in [0.15, 0.2) is 5.82 Å². The molecule has 0 fully saturated rings. The normalized spacial score (nSPS) is 13.1. The van der Waals surface area contributed by atoms with Gasteiger partial charge in [0.05, 0.1) is 23.4 Å². The number of alkyl halides is 6. The van der Waals surface area contributed by atoms with Gasteiger partial charge >= 0.3 is 18.3 Å². The lowest BCUT2D eigenvalue weighted by molar-refractivity contribution is -0.143. The predicted molar refractivity (Wildman–Crippen MR) is 86.8 cm³/mol. The second-order valence-corrected chi connectivity index (χ2v) is 6.18. The van der Waals surface area contributed by atoms with E-state index in [-0.39, 0.29) is 6.07 Å². The molecule has 5 nitrogen and oxygen atoms in total. The topological polar surface area (TPSA) is 57.0 Å². The average Bonchev–Trinajstić information content (AvgIpc) is 3.00. The summed E-state index contributed by atoms with van der Waals surface area (Å²) in [5, 5.41) is 3.32. The molecule has 2 aromatic rings. The van der Waals surface area contributed by atoms with Crippen LogP contribution in [0, 0.1) is 0 Å². The second kappa shape index (κ2) is 7.82. The van der Waals surface area contributed by atoms with Crippen LogP contribution in [-0.4, -0.2) is 26.8 Å². The fourth-order valence-corrected chi connectivity index (χ4v) is 2.14. The molecule has 0 spiro atoms. The van der Waals surface area contributed by atoms with Gasteiger partial charge in [0.1, 0.15) is 11.4 Å². The zero-order chi connectivity index (χ0) is 21.3. The van der Waals surface area contributed by atoms with Gasteiger partial charge in [-0.05, 0) is 32.0 Å². The van der Waals surface area contributed by atoms with Crippen molar-refractivity contribution in [3.05, 3.63) is 40.7 Å². The first-order chi connectivity index (χ1) is 12.8. The zero-order valence-corrected chi connectivity index (χ0v) is 15.0. The highest BCUT2D eigenvalue weighted by molar-refractivity contribution is 6.42. The molecule has 12 heteroatoms. The van der Waals surface area contributed by atoms with E-state index in [9.17, 15) is 31.1 Å². The molecule has 152 valence electrons. The first-order valence-corrected chi connectivity index (χ1v) is 7.94. The minimum Gasteiger partial charge on any atom is -0.459 e. The van der Waals surface area contributed by atoms with E-state index >= 15 is 0 Å². The lowest BCUT2D eigenvalue weighted by Crippen LogP contribution is -2.11. The standard InChI is InChI=1S/C16H12ClF6N3O2/c1-8(2)28-14(27)12(17)6-26-7-24-13(25-26)9-3-10(15(18,19)20)5-11(4-9)16(21,22)23/h3-8H,1-2H3. The van der Waals surface area contributed by atoms with Gasteiger partial charge < -0.3 is 4.74 Å². The lowest BCUT2D eigenvalue weighted by Gasteiger charge is -2.13. The number of rotatable bonds is 4. The Labute approximate surface area is 159 Å². The smallest absolute Gasteiger partial charge is 0.416 e. The van der Waals surface area contributed by atoms with Gasteiger partial charge in [0.25, 0.3) is 0 Å². The summed E-state index contributed by atoms with van der Waals surface area (Å²) in [4.78, 5) is 15.3. The summed E-state index contributed by atoms with van der Waals surface area (Å²) in [6.45, 7) is 3.17. The van der Waals surface area contributed by atoms with Gasteiger partial charge in [0.2, 0.25) is 0 Å². The van der Waals surface area contributed by atoms with Crippen LogP contribution in [0.3, 0.4) is 0 Å². The van der Waals surface area contributed by atoms with Crippen molar-refractivity contribution in [1.82, 2.24) is 14.8 Å². The fraction of sp³-hybridized carbons (Fsp3) is 0.312. The predicted octanol–water partition coefficient (Wildman–Crippen LogP) is 4.97. The molecule has 0 aliphatic heterocycles. The SMILES string of the molecule is CC(C)OC(=O)C(Cl)=Cn1cnc(-c2cc(C(F)(F)F)cc(C(F)(F)F)c2)n1. The van der Waals surface area contributed by atoms with Crippen LogP contribution in [0.1, 0.15) is 25.0 Å². The fourth-order valence-electron chi connectivity index (χ4n) is 1.99. The van der Waals surface area contributed by atoms with Gasteiger partial charge in [-0.25, -0.2) is 14.5 Å². The van der Waals surface area contributed by atoms with E-state index in [2.05, 4.69) is 10.1 Å². The molecular weight excluding hydrogens is 416 g/mol. The number of nitrogens with zero attached hydrogens (tertiary/aromatic N) is 3. The second-order valence-electron chi connectivity index (χ2n) is 5.77. The van der Waals surface area contributed by atoms with Gasteiger partial charge in [0, 0.05) is 5.56 Å². The molecule has 1 aromatic heterocycles. The molecule has 0 N–H and O–H groups in total. The highest BCUT2D eigenvalue weighted by Crippen LogP contribution is 2.38. The number of carbonyl (C=O) groups excluding carboxylic acids is 1. The van der Waals surface area contributed by atoms with Crippen LogP contribution in [0.2, 0.25) is 0 Å². The van der Waals surface area contributed by atoms with E-state index in [1.54, 1.807) is 13.8 Å². The molecule has 0 aliphatic rings. The molecule has 28 heavy (non-hydrogen) atoms. The molecule has 1 aromatic carbocycles. The summed E-state index contributed by atoms with van der Waals surface area (Å²) in [5.41, 5.74) is -3.50. The van der Waals surface area contributed by atoms with Gasteiger partial charge in [-0.1, -0.05) is 11.6 Å². The number of hydrogen-bond donors (Lipinski definition) is 0. The summed E-state index contributed by atoms with van der Waals surface area (Å²) in [7, 11) is 0. The zero-order valence-electron chi connectivity index (χ0n) is 14.3. The van der Waals surface area contributed by atoms with Crippen LogP contribution in [-0.2, 0) is 21.9 Å². The molecule has 0 aliphatic carbocycles. The molecule has 0 bridgehead atoms. The number of halogens is 7. The van der Waals surface area contributed by atoms with Crippen molar-refractivity contribution in [3.63, 3.8) is 0 Å². The number of carbonyl (C=O) groups is 1. The Balaban J connectivity index is 2.43. The highest BCUT2D eigenvalue weighted by atomic mass is 35.5. The third-order valence-corrected chi connectivity index (χ3v) is 3.39. The van der Waals surface area contributed by atoms with Crippen molar-refractivity contribution in [2.24, 2.45) is 0 Å². The first kappa shape index (κ1) is 21.7. The van der Waals surface area contributed by atoms with Crippen molar-refractivity contribution < 1.29 is 35.9 Å². The van der Waals surface area contributed by atoms with Crippen molar-refractivity contribution in [2.75, 3.05) is 0 Å². The summed E-state index contributed by atoms with van der Waals surface area (Å²) >= 11 is 5.74. The molecule has 0 unspecified atom stereocenters. The number of benzene rings is 1. The number of esters is 1. The van der Waals surface area contributed by atoms with E-state index in [4.69, 9.17) is 16.3 Å². The van der Waals surface area contributed by atoms with Gasteiger partial charge in [-0.3, -0.25) is 0 Å². The monoisotopic (exact) mass is 427 g/mol. The van der Waals surface area contributed by atoms with Crippen LogP contribution < -0.4 is 0 Å². The summed E-state index contributed by atoms with van der Waals surface area (Å²) < 4.78 is 83.3. The Morgan fingerprint density at radius 3 is 2.11 bits per heavy atom. The number of aromatic nitrogens is 3. The third-order valence-electron chi connectivity index (χ3n) is 3.14. The average molecular weight is 428 g/mol.